The van der Waals surface area contributed by atoms with Crippen molar-refractivity contribution in [3.8, 4) is 0 Å². The van der Waals surface area contributed by atoms with Gasteiger partial charge in [-0.15, -0.1) is 0 Å². The molecule has 5 nitrogen and oxygen atoms in total. The highest BCUT2D eigenvalue weighted by molar-refractivity contribution is 5.76. The smallest absolute Gasteiger partial charge is 0.407 e. The van der Waals surface area contributed by atoms with Crippen LogP contribution in [-0.2, 0) is 16.0 Å². The molecular formula is C17H19NO4. The molecule has 22 heavy (non-hydrogen) atoms. The first-order valence-electron chi connectivity index (χ1n) is 6.73. The quantitative estimate of drug-likeness (QED) is 0.910. The summed E-state index contributed by atoms with van der Waals surface area (Å²) in [6, 6.07) is 21.1. The number of aliphatic carboxylic acids is 1. The molecule has 1 amide bonds. The van der Waals surface area contributed by atoms with Gasteiger partial charge in [0.05, 0.1) is 7.11 Å². The Morgan fingerprint density at radius 1 is 0.955 bits per heavy atom. The second-order valence-electron chi connectivity index (χ2n) is 4.39. The van der Waals surface area contributed by atoms with E-state index in [1.165, 1.54) is 11.1 Å². The van der Waals surface area contributed by atoms with E-state index < -0.39 is 18.6 Å². The highest BCUT2D eigenvalue weighted by Crippen LogP contribution is 2.07. The standard InChI is InChI=1S/C13H12.C4H7NO4/c1-3-7-12(8-4-1)11-13-9-5-2-6-10-13;1-9-4(8)5-2-3(6)7/h1-10H,11H2;2H2,1H3,(H,5,8)(H,6,7). The lowest BCUT2D eigenvalue weighted by Gasteiger charge is -2.00. The summed E-state index contributed by atoms with van der Waals surface area (Å²) < 4.78 is 4.09. The number of amides is 1. The van der Waals surface area contributed by atoms with Crippen molar-refractivity contribution in [2.24, 2.45) is 0 Å². The van der Waals surface area contributed by atoms with Crippen molar-refractivity contribution in [1.82, 2.24) is 5.32 Å². The zero-order valence-corrected chi connectivity index (χ0v) is 12.4. The molecule has 0 aliphatic rings. The van der Waals surface area contributed by atoms with Crippen molar-refractivity contribution in [3.05, 3.63) is 71.8 Å². The summed E-state index contributed by atoms with van der Waals surface area (Å²) in [6.07, 6.45) is 0.291. The number of carboxylic acids is 1. The van der Waals surface area contributed by atoms with Crippen LogP contribution in [0.4, 0.5) is 4.79 Å². The molecule has 0 heterocycles. The third-order valence-corrected chi connectivity index (χ3v) is 2.66. The number of methoxy groups -OCH3 is 1. The van der Waals surface area contributed by atoms with E-state index in [1.54, 1.807) is 0 Å². The highest BCUT2D eigenvalue weighted by atomic mass is 16.5. The zero-order chi connectivity index (χ0) is 16.2. The number of hydrogen-bond donors (Lipinski definition) is 2. The van der Waals surface area contributed by atoms with Crippen LogP contribution in [0.25, 0.3) is 0 Å². The molecule has 5 heteroatoms. The van der Waals surface area contributed by atoms with Crippen LogP contribution >= 0.6 is 0 Å². The van der Waals surface area contributed by atoms with Gasteiger partial charge in [0.25, 0.3) is 0 Å². The lowest BCUT2D eigenvalue weighted by atomic mass is 10.1. The summed E-state index contributed by atoms with van der Waals surface area (Å²) in [5.74, 6) is -1.10. The fourth-order valence-corrected chi connectivity index (χ4v) is 1.65. The van der Waals surface area contributed by atoms with Gasteiger partial charge in [-0.25, -0.2) is 4.79 Å². The molecule has 2 aromatic rings. The van der Waals surface area contributed by atoms with Crippen LogP contribution in [0.3, 0.4) is 0 Å². The van der Waals surface area contributed by atoms with E-state index in [2.05, 4.69) is 65.4 Å². The van der Waals surface area contributed by atoms with Crippen LogP contribution in [0.1, 0.15) is 11.1 Å². The zero-order valence-electron chi connectivity index (χ0n) is 12.4. The Hall–Kier alpha value is -2.82. The fraction of sp³-hybridized carbons (Fsp3) is 0.176. The van der Waals surface area contributed by atoms with Crippen LogP contribution in [-0.4, -0.2) is 30.8 Å². The average molecular weight is 301 g/mol. The molecule has 0 unspecified atom stereocenters. The second kappa shape index (κ2) is 9.99. The van der Waals surface area contributed by atoms with Crippen molar-refractivity contribution in [2.45, 2.75) is 6.42 Å². The van der Waals surface area contributed by atoms with Gasteiger partial charge in [0.15, 0.2) is 0 Å². The molecule has 0 saturated carbocycles. The number of nitrogens with one attached hydrogen (secondary N) is 1. The highest BCUT2D eigenvalue weighted by Gasteiger charge is 1.99. The predicted molar refractivity (Wildman–Crippen MR) is 83.7 cm³/mol. The number of carboxylic acid groups (broad SMARTS) is 1. The summed E-state index contributed by atoms with van der Waals surface area (Å²) >= 11 is 0. The van der Waals surface area contributed by atoms with Crippen molar-refractivity contribution in [2.75, 3.05) is 13.7 Å². The third kappa shape index (κ3) is 7.69. The molecule has 0 aliphatic heterocycles. The average Bonchev–Trinajstić information content (AvgIpc) is 2.55. The van der Waals surface area contributed by atoms with Crippen molar-refractivity contribution in [1.29, 1.82) is 0 Å². The molecule has 2 rings (SSSR count). The van der Waals surface area contributed by atoms with Gasteiger partial charge in [-0.3, -0.25) is 4.79 Å². The lowest BCUT2D eigenvalue weighted by Crippen LogP contribution is -2.28. The first-order valence-corrected chi connectivity index (χ1v) is 6.73. The normalized spacial score (nSPS) is 9.14. The van der Waals surface area contributed by atoms with Gasteiger partial charge in [-0.05, 0) is 17.5 Å². The molecule has 0 bridgehead atoms. The van der Waals surface area contributed by atoms with Crippen molar-refractivity contribution < 1.29 is 19.4 Å². The van der Waals surface area contributed by atoms with Crippen LogP contribution in [0.15, 0.2) is 60.7 Å². The monoisotopic (exact) mass is 301 g/mol. The van der Waals surface area contributed by atoms with Crippen LogP contribution in [0, 0.1) is 0 Å². The molecule has 2 N–H and O–H groups in total. The van der Waals surface area contributed by atoms with Gasteiger partial charge < -0.3 is 15.2 Å². The SMILES string of the molecule is COC(=O)NCC(=O)O.c1ccc(Cc2ccccc2)cc1. The van der Waals surface area contributed by atoms with Gasteiger partial charge in [-0.2, -0.15) is 0 Å². The first-order chi connectivity index (χ1) is 10.6. The Morgan fingerprint density at radius 2 is 1.41 bits per heavy atom. The van der Waals surface area contributed by atoms with Gasteiger partial charge in [0.2, 0.25) is 0 Å². The number of benzene rings is 2. The number of hydrogen-bond acceptors (Lipinski definition) is 3. The predicted octanol–water partition coefficient (Wildman–Crippen LogP) is 2.70. The molecular weight excluding hydrogens is 282 g/mol. The number of carbonyl (C=O) groups is 2. The maximum absolute atomic E-state index is 10.1. The van der Waals surface area contributed by atoms with Crippen LogP contribution in [0.5, 0.6) is 0 Å². The summed E-state index contributed by atoms with van der Waals surface area (Å²) in [6.45, 7) is -0.410. The van der Waals surface area contributed by atoms with Crippen molar-refractivity contribution >= 4 is 12.1 Å². The minimum atomic E-state index is -1.10. The Labute approximate surface area is 129 Å². The van der Waals surface area contributed by atoms with E-state index in [1.807, 2.05) is 5.32 Å². The van der Waals surface area contributed by atoms with Gasteiger partial charge in [-0.1, -0.05) is 60.7 Å². The number of carbonyl (C=O) groups excluding carboxylic acids is 1. The van der Waals surface area contributed by atoms with E-state index in [0.29, 0.717) is 0 Å². The maximum Gasteiger partial charge on any atom is 0.407 e. The Morgan fingerprint density at radius 3 is 1.77 bits per heavy atom. The van der Waals surface area contributed by atoms with Crippen LogP contribution < -0.4 is 5.32 Å². The number of alkyl carbamates (subject to hydrolysis) is 1. The molecule has 2 aromatic carbocycles. The Kier molecular flexibility index (Phi) is 7.82. The number of ether oxygens (including phenoxy) is 1. The van der Waals surface area contributed by atoms with E-state index in [0.717, 1.165) is 13.5 Å². The van der Waals surface area contributed by atoms with Crippen LogP contribution in [0.2, 0.25) is 0 Å². The molecule has 0 aliphatic carbocycles. The van der Waals surface area contributed by atoms with E-state index in [-0.39, 0.29) is 0 Å². The summed E-state index contributed by atoms with van der Waals surface area (Å²) in [4.78, 5) is 19.9. The minimum absolute atomic E-state index is 0.410. The van der Waals surface area contributed by atoms with Gasteiger partial charge in [0.1, 0.15) is 6.54 Å². The van der Waals surface area contributed by atoms with Crippen molar-refractivity contribution in [3.63, 3.8) is 0 Å². The Bertz CT molecular complexity index is 532. The largest absolute Gasteiger partial charge is 0.480 e. The molecule has 0 radical (unpaired) electrons. The summed E-state index contributed by atoms with van der Waals surface area (Å²) in [5.41, 5.74) is 2.74. The summed E-state index contributed by atoms with van der Waals surface area (Å²) in [7, 11) is 1.16. The second-order valence-corrected chi connectivity index (χ2v) is 4.39. The lowest BCUT2D eigenvalue weighted by molar-refractivity contribution is -0.135. The first kappa shape index (κ1) is 17.2. The van der Waals surface area contributed by atoms with E-state index in [9.17, 15) is 9.59 Å². The molecule has 0 fully saturated rings. The summed E-state index contributed by atoms with van der Waals surface area (Å²) in [5, 5.41) is 9.96. The maximum atomic E-state index is 10.1. The van der Waals surface area contributed by atoms with E-state index >= 15 is 0 Å². The topological polar surface area (TPSA) is 75.6 Å². The fourth-order valence-electron chi connectivity index (χ4n) is 1.65. The molecule has 0 spiro atoms. The van der Waals surface area contributed by atoms with Gasteiger partial charge in [0, 0.05) is 0 Å². The molecule has 0 aromatic heterocycles. The van der Waals surface area contributed by atoms with E-state index in [4.69, 9.17) is 5.11 Å². The van der Waals surface area contributed by atoms with Gasteiger partial charge >= 0.3 is 12.1 Å². The Balaban J connectivity index is 0.000000239. The third-order valence-electron chi connectivity index (χ3n) is 2.66. The molecule has 116 valence electrons. The minimum Gasteiger partial charge on any atom is -0.480 e. The molecule has 0 saturated heterocycles. The molecule has 0 atom stereocenters. The number of rotatable bonds is 4.